The summed E-state index contributed by atoms with van der Waals surface area (Å²) in [6.07, 6.45) is 1.96. The van der Waals surface area contributed by atoms with E-state index >= 15 is 0 Å². The van der Waals surface area contributed by atoms with Crippen LogP contribution in [-0.2, 0) is 6.42 Å². The Morgan fingerprint density at radius 1 is 1.38 bits per heavy atom. The van der Waals surface area contributed by atoms with Crippen molar-refractivity contribution in [1.82, 2.24) is 9.97 Å². The fraction of sp³-hybridized carbons (Fsp3) is 0.214. The number of aromatic carboxylic acids is 1. The van der Waals surface area contributed by atoms with Crippen molar-refractivity contribution < 1.29 is 14.6 Å². The fourth-order valence-electron chi connectivity index (χ4n) is 1.84. The van der Waals surface area contributed by atoms with Gasteiger partial charge in [0.05, 0.1) is 19.0 Å². The average molecular weight is 289 g/mol. The quantitative estimate of drug-likeness (QED) is 0.736. The van der Waals surface area contributed by atoms with Crippen molar-refractivity contribution >= 4 is 11.8 Å². The Kier molecular flexibility index (Phi) is 4.55. The van der Waals surface area contributed by atoms with E-state index in [4.69, 9.17) is 9.84 Å². The number of hydrogen-bond acceptors (Lipinski definition) is 5. The number of H-pyrrole nitrogens is 1. The third-order valence-corrected chi connectivity index (χ3v) is 2.92. The molecule has 0 bridgehead atoms. The Hall–Kier alpha value is -2.83. The van der Waals surface area contributed by atoms with Crippen molar-refractivity contribution in [2.45, 2.75) is 6.42 Å². The highest BCUT2D eigenvalue weighted by atomic mass is 16.5. The van der Waals surface area contributed by atoms with Crippen LogP contribution in [0.15, 0.2) is 35.4 Å². The molecule has 0 radical (unpaired) electrons. The van der Waals surface area contributed by atoms with Gasteiger partial charge in [-0.15, -0.1) is 0 Å². The van der Waals surface area contributed by atoms with Gasteiger partial charge in [0.1, 0.15) is 0 Å². The van der Waals surface area contributed by atoms with Gasteiger partial charge in [-0.3, -0.25) is 4.79 Å². The van der Waals surface area contributed by atoms with Crippen LogP contribution in [0.25, 0.3) is 0 Å². The van der Waals surface area contributed by atoms with Gasteiger partial charge >= 0.3 is 5.97 Å². The van der Waals surface area contributed by atoms with Gasteiger partial charge in [0.25, 0.3) is 5.56 Å². The second-order valence-electron chi connectivity index (χ2n) is 4.29. The molecule has 0 amide bonds. The van der Waals surface area contributed by atoms with Crippen molar-refractivity contribution in [3.05, 3.63) is 52.1 Å². The van der Waals surface area contributed by atoms with Crippen molar-refractivity contribution in [2.24, 2.45) is 0 Å². The number of rotatable bonds is 6. The van der Waals surface area contributed by atoms with Crippen LogP contribution in [0.1, 0.15) is 15.9 Å². The van der Waals surface area contributed by atoms with Gasteiger partial charge in [-0.1, -0.05) is 12.1 Å². The van der Waals surface area contributed by atoms with Gasteiger partial charge in [0.15, 0.2) is 5.82 Å². The molecule has 7 nitrogen and oxygen atoms in total. The van der Waals surface area contributed by atoms with Gasteiger partial charge in [-0.05, 0) is 24.1 Å². The molecule has 1 aromatic carbocycles. The smallest absolute Gasteiger partial charge is 0.335 e. The summed E-state index contributed by atoms with van der Waals surface area (Å²) >= 11 is 0. The van der Waals surface area contributed by atoms with Gasteiger partial charge < -0.3 is 20.1 Å². The van der Waals surface area contributed by atoms with E-state index in [0.29, 0.717) is 18.8 Å². The van der Waals surface area contributed by atoms with E-state index in [-0.39, 0.29) is 16.9 Å². The largest absolute Gasteiger partial charge is 0.489 e. The number of carboxylic acids is 1. The molecule has 2 rings (SSSR count). The summed E-state index contributed by atoms with van der Waals surface area (Å²) in [6.45, 7) is 0.541. The first-order chi connectivity index (χ1) is 10.1. The topological polar surface area (TPSA) is 104 Å². The zero-order valence-electron chi connectivity index (χ0n) is 11.4. The predicted octanol–water partition coefficient (Wildman–Crippen LogP) is 1.13. The molecule has 110 valence electrons. The minimum atomic E-state index is -0.947. The van der Waals surface area contributed by atoms with E-state index in [2.05, 4.69) is 15.3 Å². The van der Waals surface area contributed by atoms with Gasteiger partial charge in [0, 0.05) is 6.54 Å². The van der Waals surface area contributed by atoms with Crippen LogP contribution < -0.4 is 15.6 Å². The maximum absolute atomic E-state index is 11.5. The van der Waals surface area contributed by atoms with Crippen LogP contribution in [0.4, 0.5) is 5.82 Å². The van der Waals surface area contributed by atoms with Gasteiger partial charge in [0.2, 0.25) is 5.75 Å². The molecule has 2 aromatic rings. The molecule has 7 heteroatoms. The zero-order chi connectivity index (χ0) is 15.2. The first-order valence-corrected chi connectivity index (χ1v) is 6.29. The maximum Gasteiger partial charge on any atom is 0.335 e. The molecule has 0 aliphatic rings. The lowest BCUT2D eigenvalue weighted by atomic mass is 10.1. The average Bonchev–Trinajstić information content (AvgIpc) is 2.48. The second kappa shape index (κ2) is 6.56. The first kappa shape index (κ1) is 14.6. The van der Waals surface area contributed by atoms with Crippen molar-refractivity contribution in [2.75, 3.05) is 19.0 Å². The summed E-state index contributed by atoms with van der Waals surface area (Å²) in [5.41, 5.74) is 0.891. The number of nitrogens with zero attached hydrogens (tertiary/aromatic N) is 1. The number of aromatic nitrogens is 2. The minimum Gasteiger partial charge on any atom is -0.489 e. The second-order valence-corrected chi connectivity index (χ2v) is 4.29. The normalized spacial score (nSPS) is 10.1. The number of hydrogen-bond donors (Lipinski definition) is 3. The highest BCUT2D eigenvalue weighted by Crippen LogP contribution is 2.14. The molecule has 1 aromatic heterocycles. The van der Waals surface area contributed by atoms with Gasteiger partial charge in [-0.2, -0.15) is 0 Å². The number of benzene rings is 1. The molecule has 0 aliphatic carbocycles. The van der Waals surface area contributed by atoms with Gasteiger partial charge in [-0.25, -0.2) is 9.78 Å². The number of nitrogens with one attached hydrogen (secondary N) is 2. The molecule has 1 heterocycles. The lowest BCUT2D eigenvalue weighted by molar-refractivity contribution is 0.0697. The summed E-state index contributed by atoms with van der Waals surface area (Å²) in [7, 11) is 1.40. The number of anilines is 1. The number of carbonyl (C=O) groups is 1. The van der Waals surface area contributed by atoms with E-state index in [0.717, 1.165) is 5.56 Å². The van der Waals surface area contributed by atoms with Crippen LogP contribution in [-0.4, -0.2) is 34.7 Å². The molecule has 0 atom stereocenters. The first-order valence-electron chi connectivity index (χ1n) is 6.29. The van der Waals surface area contributed by atoms with Crippen molar-refractivity contribution in [1.29, 1.82) is 0 Å². The van der Waals surface area contributed by atoms with Crippen LogP contribution in [0.2, 0.25) is 0 Å². The van der Waals surface area contributed by atoms with Crippen molar-refractivity contribution in [3.63, 3.8) is 0 Å². The summed E-state index contributed by atoms with van der Waals surface area (Å²) < 4.78 is 4.99. The Morgan fingerprint density at radius 3 is 2.71 bits per heavy atom. The predicted molar refractivity (Wildman–Crippen MR) is 77.0 cm³/mol. The van der Waals surface area contributed by atoms with E-state index in [9.17, 15) is 9.59 Å². The Morgan fingerprint density at radius 2 is 2.10 bits per heavy atom. The van der Waals surface area contributed by atoms with Crippen LogP contribution in [0, 0.1) is 0 Å². The Balaban J connectivity index is 1.97. The minimum absolute atomic E-state index is 0.138. The third kappa shape index (κ3) is 3.59. The molecule has 3 N–H and O–H groups in total. The molecular formula is C14H15N3O4. The molecule has 0 unspecified atom stereocenters. The number of ether oxygens (including phenoxy) is 1. The highest BCUT2D eigenvalue weighted by Gasteiger charge is 2.08. The summed E-state index contributed by atoms with van der Waals surface area (Å²) in [4.78, 5) is 28.7. The van der Waals surface area contributed by atoms with Crippen LogP contribution in [0.5, 0.6) is 5.75 Å². The summed E-state index contributed by atoms with van der Waals surface area (Å²) in [6, 6.07) is 6.63. The summed E-state index contributed by atoms with van der Waals surface area (Å²) in [5.74, 6) is -0.431. The number of methoxy groups -OCH3 is 1. The van der Waals surface area contributed by atoms with E-state index < -0.39 is 5.97 Å². The SMILES string of the molecule is COc1c(NCCc2ccc(C(=O)O)cc2)nc[nH]c1=O. The Bertz CT molecular complexity index is 679. The van der Waals surface area contributed by atoms with Crippen LogP contribution >= 0.6 is 0 Å². The number of aromatic amines is 1. The highest BCUT2D eigenvalue weighted by molar-refractivity contribution is 5.87. The summed E-state index contributed by atoms with van der Waals surface area (Å²) in [5, 5.41) is 11.8. The molecule has 0 fully saturated rings. The number of carboxylic acid groups (broad SMARTS) is 1. The third-order valence-electron chi connectivity index (χ3n) is 2.92. The lowest BCUT2D eigenvalue weighted by Crippen LogP contribution is -2.15. The van der Waals surface area contributed by atoms with E-state index in [1.165, 1.54) is 13.4 Å². The lowest BCUT2D eigenvalue weighted by Gasteiger charge is -2.08. The maximum atomic E-state index is 11.5. The standard InChI is InChI=1S/C14H15N3O4/c1-21-11-12(16-8-17-13(11)18)15-7-6-9-2-4-10(5-3-9)14(19)20/h2-5,8H,6-7H2,1H3,(H,19,20)(H2,15,16,17,18). The molecule has 0 spiro atoms. The van der Waals surface area contributed by atoms with E-state index in [1.54, 1.807) is 24.3 Å². The molecule has 0 saturated heterocycles. The fourth-order valence-corrected chi connectivity index (χ4v) is 1.84. The Labute approximate surface area is 120 Å². The van der Waals surface area contributed by atoms with Crippen LogP contribution in [0.3, 0.4) is 0 Å². The molecule has 21 heavy (non-hydrogen) atoms. The zero-order valence-corrected chi connectivity index (χ0v) is 11.4. The van der Waals surface area contributed by atoms with Crippen molar-refractivity contribution in [3.8, 4) is 5.75 Å². The monoisotopic (exact) mass is 289 g/mol. The van der Waals surface area contributed by atoms with E-state index in [1.807, 2.05) is 0 Å². The molecule has 0 saturated carbocycles. The molecule has 0 aliphatic heterocycles. The molecular weight excluding hydrogens is 274 g/mol.